The van der Waals surface area contributed by atoms with Gasteiger partial charge >= 0.3 is 6.18 Å². The maximum Gasteiger partial charge on any atom is 0.434 e. The Morgan fingerprint density at radius 1 is 1.09 bits per heavy atom. The van der Waals surface area contributed by atoms with E-state index in [9.17, 15) is 18.0 Å². The second-order valence-electron chi connectivity index (χ2n) is 9.36. The number of pyridine rings is 1. The third-order valence-corrected chi connectivity index (χ3v) is 7.33. The van der Waals surface area contributed by atoms with Gasteiger partial charge in [-0.3, -0.25) is 9.20 Å². The van der Waals surface area contributed by atoms with E-state index in [-0.39, 0.29) is 23.6 Å². The maximum atomic E-state index is 13.2. The molecule has 1 fully saturated rings. The zero-order chi connectivity index (χ0) is 24.9. The number of carbonyl (C=O) groups excluding carboxylic acids is 1. The number of nitrogens with zero attached hydrogens (tertiary/aromatic N) is 4. The lowest BCUT2D eigenvalue weighted by Gasteiger charge is -2.36. The lowest BCUT2D eigenvalue weighted by molar-refractivity contribution is -0.140. The number of hydrogen-bond donors (Lipinski definition) is 1. The van der Waals surface area contributed by atoms with E-state index in [0.717, 1.165) is 54.0 Å². The molecule has 1 aliphatic rings. The summed E-state index contributed by atoms with van der Waals surface area (Å²) in [5, 5.41) is 4.17. The molecule has 1 amide bonds. The predicted octanol–water partition coefficient (Wildman–Crippen LogP) is 5.33. The van der Waals surface area contributed by atoms with Gasteiger partial charge in [0, 0.05) is 49.0 Å². The van der Waals surface area contributed by atoms with Crippen molar-refractivity contribution in [2.24, 2.45) is 7.05 Å². The van der Waals surface area contributed by atoms with Gasteiger partial charge < -0.3 is 14.8 Å². The molecule has 1 aromatic carbocycles. The molecular formula is C26H28F3N5O. The van der Waals surface area contributed by atoms with Crippen molar-refractivity contribution in [2.75, 3.05) is 11.9 Å². The van der Waals surface area contributed by atoms with Crippen LogP contribution in [0.5, 0.6) is 0 Å². The molecule has 3 heterocycles. The summed E-state index contributed by atoms with van der Waals surface area (Å²) < 4.78 is 43.1. The molecule has 35 heavy (non-hydrogen) atoms. The Morgan fingerprint density at radius 2 is 1.80 bits per heavy atom. The molecule has 0 spiro atoms. The molecule has 184 valence electrons. The molecule has 5 rings (SSSR count). The summed E-state index contributed by atoms with van der Waals surface area (Å²) in [6, 6.07) is 13.2. The Kier molecular flexibility index (Phi) is 5.73. The Balaban J connectivity index is 1.28. The van der Waals surface area contributed by atoms with Gasteiger partial charge in [0.25, 0.3) is 5.91 Å². The topological polar surface area (TPSA) is 54.6 Å². The van der Waals surface area contributed by atoms with Gasteiger partial charge in [-0.25, -0.2) is 4.98 Å². The average Bonchev–Trinajstić information content (AvgIpc) is 3.39. The van der Waals surface area contributed by atoms with Crippen molar-refractivity contribution in [1.29, 1.82) is 0 Å². The predicted molar refractivity (Wildman–Crippen MR) is 130 cm³/mol. The van der Waals surface area contributed by atoms with Crippen molar-refractivity contribution in [3.8, 4) is 0 Å². The first-order chi connectivity index (χ1) is 16.6. The van der Waals surface area contributed by atoms with Crippen LogP contribution in [0.25, 0.3) is 16.6 Å². The molecule has 6 nitrogen and oxygen atoms in total. The van der Waals surface area contributed by atoms with Gasteiger partial charge in [0.2, 0.25) is 0 Å². The van der Waals surface area contributed by atoms with Crippen molar-refractivity contribution in [3.63, 3.8) is 0 Å². The number of halogens is 3. The largest absolute Gasteiger partial charge is 0.434 e. The van der Waals surface area contributed by atoms with Crippen LogP contribution in [0.1, 0.15) is 47.4 Å². The summed E-state index contributed by atoms with van der Waals surface area (Å²) in [5.41, 5.74) is 2.06. The summed E-state index contributed by atoms with van der Waals surface area (Å²) in [4.78, 5) is 19.0. The normalized spacial score (nSPS) is 18.8. The third kappa shape index (κ3) is 4.13. The fourth-order valence-electron chi connectivity index (χ4n) is 5.28. The van der Waals surface area contributed by atoms with Crippen molar-refractivity contribution >= 4 is 28.3 Å². The second kappa shape index (κ2) is 8.62. The number of anilines is 1. The molecule has 3 aromatic heterocycles. The van der Waals surface area contributed by atoms with Crippen molar-refractivity contribution in [1.82, 2.24) is 19.3 Å². The van der Waals surface area contributed by atoms with Gasteiger partial charge in [0.05, 0.1) is 5.56 Å². The smallest absolute Gasteiger partial charge is 0.358 e. The molecule has 0 aliphatic heterocycles. The zero-order valence-electron chi connectivity index (χ0n) is 19.9. The Morgan fingerprint density at radius 3 is 2.51 bits per heavy atom. The first-order valence-corrected chi connectivity index (χ1v) is 11.8. The number of alkyl halides is 3. The van der Waals surface area contributed by atoms with Gasteiger partial charge in [-0.15, -0.1) is 0 Å². The minimum absolute atomic E-state index is 0.0565. The first kappa shape index (κ1) is 23.3. The number of benzene rings is 1. The summed E-state index contributed by atoms with van der Waals surface area (Å²) in [6.07, 6.45) is -0.170. The van der Waals surface area contributed by atoms with Gasteiger partial charge in [-0.1, -0.05) is 24.3 Å². The van der Waals surface area contributed by atoms with E-state index in [2.05, 4.69) is 10.3 Å². The zero-order valence-corrected chi connectivity index (χ0v) is 19.9. The lowest BCUT2D eigenvalue weighted by atomic mass is 9.90. The van der Waals surface area contributed by atoms with Crippen LogP contribution in [0.15, 0.2) is 48.7 Å². The number of rotatable bonds is 4. The number of imidazole rings is 1. The summed E-state index contributed by atoms with van der Waals surface area (Å²) in [7, 11) is 3.87. The number of nitrogens with one attached hydrogen (secondary N) is 1. The molecule has 0 bridgehead atoms. The van der Waals surface area contributed by atoms with Crippen LogP contribution >= 0.6 is 0 Å². The highest BCUT2D eigenvalue weighted by Crippen LogP contribution is 2.32. The van der Waals surface area contributed by atoms with Crippen molar-refractivity contribution < 1.29 is 18.0 Å². The van der Waals surface area contributed by atoms with Gasteiger partial charge in [0.1, 0.15) is 11.5 Å². The first-order valence-electron chi connectivity index (χ1n) is 11.8. The molecule has 0 radical (unpaired) electrons. The lowest BCUT2D eigenvalue weighted by Crippen LogP contribution is -2.43. The number of aromatic nitrogens is 3. The molecule has 1 saturated carbocycles. The van der Waals surface area contributed by atoms with Gasteiger partial charge in [0.15, 0.2) is 5.69 Å². The van der Waals surface area contributed by atoms with E-state index in [4.69, 9.17) is 0 Å². The van der Waals surface area contributed by atoms with Crippen molar-refractivity contribution in [2.45, 2.75) is 50.9 Å². The maximum absolute atomic E-state index is 13.2. The van der Waals surface area contributed by atoms with Crippen LogP contribution in [-0.2, 0) is 13.2 Å². The Hall–Kier alpha value is -3.49. The van der Waals surface area contributed by atoms with E-state index in [1.165, 1.54) is 4.40 Å². The SMILES string of the molecule is Cc1c(C(=O)NC2CCC(N(C)c3cccc4nc(C(F)(F)F)cn34)CC2)c2ccccc2n1C. The molecule has 9 heteroatoms. The van der Waals surface area contributed by atoms with E-state index < -0.39 is 11.9 Å². The Labute approximate surface area is 201 Å². The fraction of sp³-hybridized carbons (Fsp3) is 0.385. The highest BCUT2D eigenvalue weighted by molar-refractivity contribution is 6.08. The number of fused-ring (bicyclic) bond motifs is 2. The number of aryl methyl sites for hydroxylation is 1. The van der Waals surface area contributed by atoms with Crippen LogP contribution in [0.2, 0.25) is 0 Å². The number of amides is 1. The van der Waals surface area contributed by atoms with Crippen LogP contribution in [0, 0.1) is 6.92 Å². The van der Waals surface area contributed by atoms with E-state index >= 15 is 0 Å². The van der Waals surface area contributed by atoms with Gasteiger partial charge in [-0.05, 0) is 50.8 Å². The summed E-state index contributed by atoms with van der Waals surface area (Å²) >= 11 is 0. The van der Waals surface area contributed by atoms with E-state index in [1.807, 2.05) is 60.8 Å². The number of carbonyl (C=O) groups is 1. The van der Waals surface area contributed by atoms with Crippen molar-refractivity contribution in [3.05, 3.63) is 65.6 Å². The molecule has 0 saturated heterocycles. The van der Waals surface area contributed by atoms with Gasteiger partial charge in [-0.2, -0.15) is 13.2 Å². The highest BCUT2D eigenvalue weighted by atomic mass is 19.4. The molecular weight excluding hydrogens is 455 g/mol. The average molecular weight is 484 g/mol. The number of para-hydroxylation sites is 1. The number of hydrogen-bond acceptors (Lipinski definition) is 3. The van der Waals surface area contributed by atoms with E-state index in [1.54, 1.807) is 12.1 Å². The quantitative estimate of drug-likeness (QED) is 0.427. The molecule has 1 N–H and O–H groups in total. The molecule has 0 unspecified atom stereocenters. The Bertz CT molecular complexity index is 1400. The summed E-state index contributed by atoms with van der Waals surface area (Å²) in [6.45, 7) is 1.96. The van der Waals surface area contributed by atoms with Crippen LogP contribution in [0.3, 0.4) is 0 Å². The van der Waals surface area contributed by atoms with Crippen LogP contribution < -0.4 is 10.2 Å². The van der Waals surface area contributed by atoms with Crippen LogP contribution in [0.4, 0.5) is 19.0 Å². The molecule has 1 aliphatic carbocycles. The minimum Gasteiger partial charge on any atom is -0.358 e. The third-order valence-electron chi connectivity index (χ3n) is 7.33. The van der Waals surface area contributed by atoms with Crippen LogP contribution in [-0.4, -0.2) is 39.0 Å². The highest BCUT2D eigenvalue weighted by Gasteiger charge is 2.34. The molecule has 4 aromatic rings. The minimum atomic E-state index is -4.49. The second-order valence-corrected chi connectivity index (χ2v) is 9.36. The fourth-order valence-corrected chi connectivity index (χ4v) is 5.28. The summed E-state index contributed by atoms with van der Waals surface area (Å²) in [5.74, 6) is 0.614. The van der Waals surface area contributed by atoms with E-state index in [0.29, 0.717) is 5.82 Å². The monoisotopic (exact) mass is 483 g/mol. The molecule has 0 atom stereocenters. The standard InChI is InChI=1S/C26H28F3N5O/c1-16-24(19-7-4-5-8-20(19)32(16)2)25(35)30-17-11-13-18(14-12-17)33(3)23-10-6-9-22-31-21(15-34(22)23)26(27,28)29/h4-10,15,17-18H,11-14H2,1-3H3,(H,30,35).